The number of amides is 1. The molecular formula is C19H22ClNO3. The van der Waals surface area contributed by atoms with Crippen LogP contribution in [-0.2, 0) is 9.53 Å². The monoisotopic (exact) mass is 347 g/mol. The molecule has 0 bridgehead atoms. The Morgan fingerprint density at radius 3 is 3.12 bits per heavy atom. The van der Waals surface area contributed by atoms with Crippen LogP contribution in [0.15, 0.2) is 35.9 Å². The van der Waals surface area contributed by atoms with Crippen molar-refractivity contribution in [2.24, 2.45) is 5.92 Å². The maximum absolute atomic E-state index is 11.8. The number of rotatable bonds is 8. The number of nitrogens with one attached hydrogen (secondary N) is 1. The van der Waals surface area contributed by atoms with E-state index < -0.39 is 0 Å². The first-order chi connectivity index (χ1) is 11.7. The third kappa shape index (κ3) is 5.39. The molecular weight excluding hydrogens is 326 g/mol. The molecule has 1 fully saturated rings. The number of fused-ring (bicyclic) bond motifs is 1. The lowest BCUT2D eigenvalue weighted by molar-refractivity contribution is -0.116. The van der Waals surface area contributed by atoms with Gasteiger partial charge in [-0.05, 0) is 55.0 Å². The number of ether oxygens (including phenoxy) is 2. The Kier molecular flexibility index (Phi) is 5.94. The summed E-state index contributed by atoms with van der Waals surface area (Å²) in [4.78, 5) is 11.8. The van der Waals surface area contributed by atoms with Gasteiger partial charge in [0.25, 0.3) is 0 Å². The highest BCUT2D eigenvalue weighted by Gasteiger charge is 2.20. The van der Waals surface area contributed by atoms with E-state index in [4.69, 9.17) is 21.1 Å². The van der Waals surface area contributed by atoms with Crippen LogP contribution in [0.5, 0.6) is 5.75 Å². The summed E-state index contributed by atoms with van der Waals surface area (Å²) in [6.45, 7) is 2.65. The van der Waals surface area contributed by atoms with E-state index in [0.717, 1.165) is 35.8 Å². The summed E-state index contributed by atoms with van der Waals surface area (Å²) in [5.41, 5.74) is 1.87. The molecule has 0 spiro atoms. The molecule has 1 heterocycles. The minimum atomic E-state index is -0.102. The molecule has 0 unspecified atom stereocenters. The molecule has 128 valence electrons. The molecule has 0 aromatic heterocycles. The third-order valence-corrected chi connectivity index (χ3v) is 4.21. The third-order valence-electron chi connectivity index (χ3n) is 3.97. The average molecular weight is 348 g/mol. The quantitative estimate of drug-likeness (QED) is 0.577. The first-order valence-corrected chi connectivity index (χ1v) is 8.75. The molecule has 24 heavy (non-hydrogen) atoms. The van der Waals surface area contributed by atoms with Gasteiger partial charge in [0, 0.05) is 36.4 Å². The number of halogens is 1. The first-order valence-electron chi connectivity index (χ1n) is 8.37. The van der Waals surface area contributed by atoms with Gasteiger partial charge in [-0.15, -0.1) is 0 Å². The van der Waals surface area contributed by atoms with Crippen LogP contribution in [0.3, 0.4) is 0 Å². The second-order valence-corrected chi connectivity index (χ2v) is 6.62. The fourth-order valence-corrected chi connectivity index (χ4v) is 2.60. The van der Waals surface area contributed by atoms with E-state index in [-0.39, 0.29) is 5.91 Å². The Morgan fingerprint density at radius 2 is 2.29 bits per heavy atom. The van der Waals surface area contributed by atoms with Gasteiger partial charge in [-0.3, -0.25) is 4.79 Å². The van der Waals surface area contributed by atoms with Crippen LogP contribution >= 0.6 is 11.6 Å². The molecule has 0 saturated heterocycles. The summed E-state index contributed by atoms with van der Waals surface area (Å²) in [5, 5.41) is 3.53. The van der Waals surface area contributed by atoms with Crippen LogP contribution in [0.1, 0.15) is 24.8 Å². The minimum absolute atomic E-state index is 0.102. The van der Waals surface area contributed by atoms with Gasteiger partial charge in [0.15, 0.2) is 0 Å². The molecule has 1 amide bonds. The van der Waals surface area contributed by atoms with E-state index in [1.807, 2.05) is 18.2 Å². The number of carbonyl (C=O) groups excluding carboxylic acids is 1. The topological polar surface area (TPSA) is 47.6 Å². The van der Waals surface area contributed by atoms with Gasteiger partial charge >= 0.3 is 0 Å². The summed E-state index contributed by atoms with van der Waals surface area (Å²) >= 11 is 5.99. The van der Waals surface area contributed by atoms with Crippen molar-refractivity contribution in [3.05, 3.63) is 46.5 Å². The molecule has 0 atom stereocenters. The van der Waals surface area contributed by atoms with Gasteiger partial charge < -0.3 is 14.8 Å². The highest BCUT2D eigenvalue weighted by atomic mass is 35.5. The van der Waals surface area contributed by atoms with Gasteiger partial charge in [-0.25, -0.2) is 0 Å². The van der Waals surface area contributed by atoms with Crippen LogP contribution in [0.25, 0.3) is 6.08 Å². The molecule has 5 heteroatoms. The lowest BCUT2D eigenvalue weighted by Gasteiger charge is -2.16. The van der Waals surface area contributed by atoms with Crippen molar-refractivity contribution in [1.29, 1.82) is 0 Å². The average Bonchev–Trinajstić information content (AvgIpc) is 3.40. The molecule has 1 aromatic rings. The fraction of sp³-hybridized carbons (Fsp3) is 0.421. The Morgan fingerprint density at radius 1 is 1.42 bits per heavy atom. The number of benzene rings is 1. The zero-order valence-corrected chi connectivity index (χ0v) is 14.3. The molecule has 1 aliphatic carbocycles. The van der Waals surface area contributed by atoms with Gasteiger partial charge in [-0.2, -0.15) is 0 Å². The van der Waals surface area contributed by atoms with Crippen molar-refractivity contribution < 1.29 is 14.3 Å². The fourth-order valence-electron chi connectivity index (χ4n) is 2.42. The normalized spacial score (nSPS) is 16.5. The molecule has 0 radical (unpaired) electrons. The molecule has 4 nitrogen and oxygen atoms in total. The summed E-state index contributed by atoms with van der Waals surface area (Å²) < 4.78 is 11.2. The zero-order valence-electron chi connectivity index (χ0n) is 13.6. The molecule has 3 rings (SSSR count). The molecule has 2 aliphatic rings. The summed E-state index contributed by atoms with van der Waals surface area (Å²) in [7, 11) is 0. The van der Waals surface area contributed by atoms with E-state index in [9.17, 15) is 4.79 Å². The van der Waals surface area contributed by atoms with Crippen LogP contribution in [0.4, 0.5) is 0 Å². The van der Waals surface area contributed by atoms with Crippen LogP contribution in [0.2, 0.25) is 5.02 Å². The lowest BCUT2D eigenvalue weighted by atomic mass is 10.1. The highest BCUT2D eigenvalue weighted by molar-refractivity contribution is 6.30. The Hall–Kier alpha value is -1.78. The van der Waals surface area contributed by atoms with E-state index in [1.54, 1.807) is 12.1 Å². The number of hydrogen-bond donors (Lipinski definition) is 1. The van der Waals surface area contributed by atoms with Crippen molar-refractivity contribution in [1.82, 2.24) is 5.32 Å². The second-order valence-electron chi connectivity index (χ2n) is 6.19. The Bertz CT molecular complexity index is 650. The highest BCUT2D eigenvalue weighted by Crippen LogP contribution is 2.29. The zero-order chi connectivity index (χ0) is 16.8. The molecule has 1 N–H and O–H groups in total. The maximum Gasteiger partial charge on any atom is 0.243 e. The molecule has 1 aromatic carbocycles. The Balaban J connectivity index is 1.39. The van der Waals surface area contributed by atoms with Gasteiger partial charge in [0.05, 0.1) is 0 Å². The number of hydrogen-bond acceptors (Lipinski definition) is 3. The van der Waals surface area contributed by atoms with E-state index in [2.05, 4.69) is 5.32 Å². The molecule has 1 saturated carbocycles. The predicted octanol–water partition coefficient (Wildman–Crippen LogP) is 3.60. The van der Waals surface area contributed by atoms with Crippen molar-refractivity contribution in [3.63, 3.8) is 0 Å². The van der Waals surface area contributed by atoms with Gasteiger partial charge in [0.1, 0.15) is 12.4 Å². The first kappa shape index (κ1) is 17.1. The summed E-state index contributed by atoms with van der Waals surface area (Å²) in [6.07, 6.45) is 8.75. The minimum Gasteiger partial charge on any atom is -0.488 e. The smallest absolute Gasteiger partial charge is 0.243 e. The lowest BCUT2D eigenvalue weighted by Crippen LogP contribution is -2.23. The van der Waals surface area contributed by atoms with Crippen molar-refractivity contribution in [3.8, 4) is 5.75 Å². The van der Waals surface area contributed by atoms with Crippen LogP contribution in [-0.4, -0.2) is 32.3 Å². The second kappa shape index (κ2) is 8.36. The summed E-state index contributed by atoms with van der Waals surface area (Å²) in [6, 6.07) is 5.51. The largest absolute Gasteiger partial charge is 0.488 e. The SMILES string of the molecule is O=C(/C=C/C1=Cc2cc(Cl)ccc2OC1)NCCCOCC1CC1. The van der Waals surface area contributed by atoms with Crippen molar-refractivity contribution >= 4 is 23.6 Å². The van der Waals surface area contributed by atoms with E-state index in [0.29, 0.717) is 24.8 Å². The maximum atomic E-state index is 11.8. The van der Waals surface area contributed by atoms with Gasteiger partial charge in [0.2, 0.25) is 5.91 Å². The standard InChI is InChI=1S/C19H22ClNO3/c20-17-5-6-18-16(11-17)10-15(13-24-18)4-7-19(22)21-8-1-9-23-12-14-2-3-14/h4-7,10-11,14H,1-3,8-9,12-13H2,(H,21,22)/b7-4+. The van der Waals surface area contributed by atoms with Crippen LogP contribution in [0, 0.1) is 5.92 Å². The van der Waals surface area contributed by atoms with E-state index in [1.165, 1.54) is 18.9 Å². The summed E-state index contributed by atoms with van der Waals surface area (Å²) in [5.74, 6) is 1.50. The molecule has 1 aliphatic heterocycles. The van der Waals surface area contributed by atoms with Gasteiger partial charge in [-0.1, -0.05) is 17.7 Å². The van der Waals surface area contributed by atoms with Crippen molar-refractivity contribution in [2.75, 3.05) is 26.4 Å². The number of carbonyl (C=O) groups is 1. The Labute approximate surface area is 147 Å². The van der Waals surface area contributed by atoms with Crippen molar-refractivity contribution in [2.45, 2.75) is 19.3 Å². The predicted molar refractivity (Wildman–Crippen MR) is 95.2 cm³/mol. The van der Waals surface area contributed by atoms with E-state index >= 15 is 0 Å². The van der Waals surface area contributed by atoms with Crippen LogP contribution < -0.4 is 10.1 Å².